The number of urea groups is 1. The number of rotatable bonds is 5. The summed E-state index contributed by atoms with van der Waals surface area (Å²) in [7, 11) is 1.73. The predicted molar refractivity (Wildman–Crippen MR) is 77.0 cm³/mol. The number of hydrogen-bond donors (Lipinski definition) is 1. The monoisotopic (exact) mass is 276 g/mol. The summed E-state index contributed by atoms with van der Waals surface area (Å²) in [6.45, 7) is 2.25. The van der Waals surface area contributed by atoms with Crippen LogP contribution in [0.3, 0.4) is 0 Å². The minimum Gasteiger partial charge on any atom is -0.481 e. The van der Waals surface area contributed by atoms with Crippen LogP contribution in [0.4, 0.5) is 10.5 Å². The molecule has 0 unspecified atom stereocenters. The Morgan fingerprint density at radius 1 is 1.35 bits per heavy atom. The molecule has 1 N–H and O–H groups in total. The van der Waals surface area contributed by atoms with Gasteiger partial charge >= 0.3 is 12.0 Å². The summed E-state index contributed by atoms with van der Waals surface area (Å²) in [5.41, 5.74) is 1.92. The van der Waals surface area contributed by atoms with E-state index in [2.05, 4.69) is 0 Å². The highest BCUT2D eigenvalue weighted by atomic mass is 16.4. The van der Waals surface area contributed by atoms with Gasteiger partial charge in [-0.3, -0.25) is 9.69 Å². The van der Waals surface area contributed by atoms with E-state index in [-0.39, 0.29) is 25.0 Å². The largest absolute Gasteiger partial charge is 0.481 e. The van der Waals surface area contributed by atoms with Crippen LogP contribution in [0.2, 0.25) is 0 Å². The van der Waals surface area contributed by atoms with Crippen molar-refractivity contribution < 1.29 is 14.7 Å². The highest BCUT2D eigenvalue weighted by Crippen LogP contribution is 2.29. The molecule has 2 amide bonds. The van der Waals surface area contributed by atoms with Gasteiger partial charge in [0.05, 0.1) is 6.42 Å². The lowest BCUT2D eigenvalue weighted by Crippen LogP contribution is -2.43. The summed E-state index contributed by atoms with van der Waals surface area (Å²) in [5.74, 6) is -0.873. The third kappa shape index (κ3) is 3.50. The zero-order chi connectivity index (χ0) is 14.7. The van der Waals surface area contributed by atoms with Crippen molar-refractivity contribution in [2.24, 2.45) is 0 Å². The minimum absolute atomic E-state index is 0.0100. The number of anilines is 1. The van der Waals surface area contributed by atoms with E-state index in [1.807, 2.05) is 31.2 Å². The van der Waals surface area contributed by atoms with Gasteiger partial charge in [-0.15, -0.1) is 0 Å². The third-order valence-corrected chi connectivity index (χ3v) is 3.48. The Bertz CT molecular complexity index is 512. The van der Waals surface area contributed by atoms with Crippen LogP contribution in [0.1, 0.15) is 24.8 Å². The van der Waals surface area contributed by atoms with Crippen LogP contribution in [-0.2, 0) is 4.79 Å². The predicted octanol–water partition coefficient (Wildman–Crippen LogP) is 2.49. The Morgan fingerprint density at radius 2 is 2.05 bits per heavy atom. The second-order valence-corrected chi connectivity index (χ2v) is 5.25. The Hall–Kier alpha value is -2.04. The molecule has 0 heterocycles. The Morgan fingerprint density at radius 3 is 2.60 bits per heavy atom. The average molecular weight is 276 g/mol. The highest BCUT2D eigenvalue weighted by Gasteiger charge is 2.34. The molecule has 1 aromatic carbocycles. The molecular formula is C15H20N2O3. The standard InChI is InChI=1S/C15H20N2O3/c1-11-4-3-5-13(10-11)16(2)15(20)17(12-6-7-12)9-8-14(18)19/h3-5,10,12H,6-9H2,1-2H3,(H,18,19). The molecule has 0 aliphatic heterocycles. The summed E-state index contributed by atoms with van der Waals surface area (Å²) >= 11 is 0. The van der Waals surface area contributed by atoms with Crippen LogP contribution in [0, 0.1) is 6.92 Å². The first-order chi connectivity index (χ1) is 9.49. The SMILES string of the molecule is Cc1cccc(N(C)C(=O)N(CCC(=O)O)C2CC2)c1. The van der Waals surface area contributed by atoms with Crippen LogP contribution >= 0.6 is 0 Å². The molecule has 0 bridgehead atoms. The van der Waals surface area contributed by atoms with Gasteiger partial charge in [0.15, 0.2) is 0 Å². The lowest BCUT2D eigenvalue weighted by molar-refractivity contribution is -0.137. The van der Waals surface area contributed by atoms with Crippen molar-refractivity contribution >= 4 is 17.7 Å². The van der Waals surface area contributed by atoms with Crippen molar-refractivity contribution in [1.29, 1.82) is 0 Å². The fourth-order valence-electron chi connectivity index (χ4n) is 2.18. The average Bonchev–Trinajstić information content (AvgIpc) is 3.22. The molecule has 0 spiro atoms. The molecule has 20 heavy (non-hydrogen) atoms. The zero-order valence-electron chi connectivity index (χ0n) is 11.9. The fraction of sp³-hybridized carbons (Fsp3) is 0.467. The van der Waals surface area contributed by atoms with E-state index >= 15 is 0 Å². The molecule has 1 aliphatic rings. The molecule has 0 atom stereocenters. The number of aryl methyl sites for hydroxylation is 1. The number of benzene rings is 1. The van der Waals surface area contributed by atoms with Crippen LogP contribution in [-0.4, -0.2) is 41.6 Å². The topological polar surface area (TPSA) is 60.9 Å². The maximum atomic E-state index is 12.5. The molecule has 5 heteroatoms. The number of carboxylic acid groups (broad SMARTS) is 1. The van der Waals surface area contributed by atoms with Crippen molar-refractivity contribution in [2.45, 2.75) is 32.2 Å². The van der Waals surface area contributed by atoms with Crippen molar-refractivity contribution in [2.75, 3.05) is 18.5 Å². The van der Waals surface area contributed by atoms with E-state index in [1.54, 1.807) is 16.8 Å². The number of carbonyl (C=O) groups is 2. The van der Waals surface area contributed by atoms with Gasteiger partial charge < -0.3 is 10.0 Å². The molecule has 0 aromatic heterocycles. The molecule has 1 saturated carbocycles. The molecule has 1 fully saturated rings. The van der Waals surface area contributed by atoms with Crippen LogP contribution in [0.5, 0.6) is 0 Å². The summed E-state index contributed by atoms with van der Waals surface area (Å²) in [6, 6.07) is 7.79. The molecule has 0 saturated heterocycles. The van der Waals surface area contributed by atoms with Gasteiger partial charge in [0.1, 0.15) is 0 Å². The van der Waals surface area contributed by atoms with E-state index in [4.69, 9.17) is 5.11 Å². The molecule has 1 aromatic rings. The van der Waals surface area contributed by atoms with Gasteiger partial charge in [0, 0.05) is 25.3 Å². The second kappa shape index (κ2) is 5.94. The Labute approximate surface area is 118 Å². The number of nitrogens with zero attached hydrogens (tertiary/aromatic N) is 2. The van der Waals surface area contributed by atoms with Crippen LogP contribution in [0.15, 0.2) is 24.3 Å². The zero-order valence-corrected chi connectivity index (χ0v) is 11.9. The number of carboxylic acids is 1. The van der Waals surface area contributed by atoms with Gasteiger partial charge in [-0.2, -0.15) is 0 Å². The lowest BCUT2D eigenvalue weighted by atomic mass is 10.2. The smallest absolute Gasteiger partial charge is 0.324 e. The third-order valence-electron chi connectivity index (χ3n) is 3.48. The quantitative estimate of drug-likeness (QED) is 0.898. The lowest BCUT2D eigenvalue weighted by Gasteiger charge is -2.28. The number of aliphatic carboxylic acids is 1. The Kier molecular flexibility index (Phi) is 4.27. The number of amides is 2. The van der Waals surface area contributed by atoms with Crippen molar-refractivity contribution in [3.05, 3.63) is 29.8 Å². The van der Waals surface area contributed by atoms with Gasteiger partial charge in [-0.05, 0) is 37.5 Å². The maximum Gasteiger partial charge on any atom is 0.324 e. The van der Waals surface area contributed by atoms with E-state index in [0.29, 0.717) is 0 Å². The molecule has 5 nitrogen and oxygen atoms in total. The molecule has 0 radical (unpaired) electrons. The van der Waals surface area contributed by atoms with Gasteiger partial charge in [-0.1, -0.05) is 12.1 Å². The summed E-state index contributed by atoms with van der Waals surface area (Å²) in [4.78, 5) is 26.5. The summed E-state index contributed by atoms with van der Waals surface area (Å²) in [6.07, 6.45) is 1.92. The fourth-order valence-corrected chi connectivity index (χ4v) is 2.18. The number of carbonyl (C=O) groups excluding carboxylic acids is 1. The van der Waals surface area contributed by atoms with E-state index < -0.39 is 5.97 Å². The van der Waals surface area contributed by atoms with E-state index in [9.17, 15) is 9.59 Å². The van der Waals surface area contributed by atoms with E-state index in [0.717, 1.165) is 24.1 Å². The second-order valence-electron chi connectivity index (χ2n) is 5.25. The Balaban J connectivity index is 2.08. The first-order valence-corrected chi connectivity index (χ1v) is 6.82. The first kappa shape index (κ1) is 14.4. The highest BCUT2D eigenvalue weighted by molar-refractivity contribution is 5.92. The van der Waals surface area contributed by atoms with Gasteiger partial charge in [-0.25, -0.2) is 4.79 Å². The first-order valence-electron chi connectivity index (χ1n) is 6.82. The minimum atomic E-state index is -0.873. The number of hydrogen-bond acceptors (Lipinski definition) is 2. The maximum absolute atomic E-state index is 12.5. The van der Waals surface area contributed by atoms with Gasteiger partial charge in [0.2, 0.25) is 0 Å². The summed E-state index contributed by atoms with van der Waals surface area (Å²) < 4.78 is 0. The van der Waals surface area contributed by atoms with E-state index in [1.165, 1.54) is 0 Å². The van der Waals surface area contributed by atoms with Crippen molar-refractivity contribution in [3.8, 4) is 0 Å². The molecular weight excluding hydrogens is 256 g/mol. The van der Waals surface area contributed by atoms with Crippen molar-refractivity contribution in [3.63, 3.8) is 0 Å². The molecule has 108 valence electrons. The molecule has 1 aliphatic carbocycles. The van der Waals surface area contributed by atoms with Crippen LogP contribution < -0.4 is 4.90 Å². The normalized spacial score (nSPS) is 13.9. The van der Waals surface area contributed by atoms with Gasteiger partial charge in [0.25, 0.3) is 0 Å². The molecule has 2 rings (SSSR count). The van der Waals surface area contributed by atoms with Crippen molar-refractivity contribution in [1.82, 2.24) is 4.90 Å². The summed E-state index contributed by atoms with van der Waals surface area (Å²) in [5, 5.41) is 8.79. The van der Waals surface area contributed by atoms with Crippen LogP contribution in [0.25, 0.3) is 0 Å².